The van der Waals surface area contributed by atoms with Crippen LogP contribution in [0.4, 0.5) is 0 Å². The predicted molar refractivity (Wildman–Crippen MR) is 121 cm³/mol. The van der Waals surface area contributed by atoms with Crippen LogP contribution in [0.5, 0.6) is 0 Å². The maximum Gasteiger partial charge on any atom is 0.171 e. The molecular weight excluding hydrogens is 420 g/mol. The monoisotopic (exact) mass is 462 g/mol. The second kappa shape index (κ2) is 7.03. The number of aliphatic hydroxyl groups excluding tert-OH is 2. The molecule has 2 heterocycles. The Morgan fingerprint density at radius 1 is 1.00 bits per heavy atom. The number of carbonyl (C=O) groups excluding carboxylic acids is 1. The Morgan fingerprint density at radius 2 is 1.73 bits per heavy atom. The van der Waals surface area contributed by atoms with E-state index in [1.165, 1.54) is 0 Å². The Labute approximate surface area is 197 Å². The van der Waals surface area contributed by atoms with Gasteiger partial charge in [-0.2, -0.15) is 0 Å². The Morgan fingerprint density at radius 3 is 2.42 bits per heavy atom. The molecule has 33 heavy (non-hydrogen) atoms. The lowest BCUT2D eigenvalue weighted by Crippen LogP contribution is -2.69. The summed E-state index contributed by atoms with van der Waals surface area (Å²) in [6, 6.07) is 0. The van der Waals surface area contributed by atoms with Crippen LogP contribution in [0, 0.1) is 46.3 Å². The van der Waals surface area contributed by atoms with Crippen LogP contribution in [-0.4, -0.2) is 57.4 Å². The Bertz CT molecular complexity index is 836. The molecule has 2 saturated heterocycles. The molecule has 13 atom stereocenters. The number of carbonyl (C=O) groups is 1. The van der Waals surface area contributed by atoms with Gasteiger partial charge in [0, 0.05) is 30.6 Å². The highest BCUT2D eigenvalue weighted by molar-refractivity contribution is 5.89. The molecule has 0 amide bonds. The molecule has 6 nitrogen and oxygen atoms in total. The molecule has 2 aliphatic heterocycles. The molecule has 1 spiro atoms. The minimum absolute atomic E-state index is 0.0433. The van der Waals surface area contributed by atoms with Gasteiger partial charge in [0.25, 0.3) is 0 Å². The molecular formula is C27H42O6. The summed E-state index contributed by atoms with van der Waals surface area (Å²) in [6.07, 6.45) is 3.96. The van der Waals surface area contributed by atoms with E-state index >= 15 is 0 Å². The lowest BCUT2D eigenvalue weighted by atomic mass is 9.42. The standard InChI is InChI=1S/C27H42O6/c1-14-5-8-27(32-13-14)15(2)23-21(33-27)10-18-16-9-22(30)26(31)12-20(29)19(28)11-25(26,4)17(16)6-7-24(18,23)3/h14-21,23,28-29,31H,5-13H2,1-4H3/t14?,15-,16?,17?,18?,19?,20?,21?,23?,24-,25+,26?,27+/m0/s1. The fourth-order valence-electron chi connectivity index (χ4n) is 10.1. The second-order valence-corrected chi connectivity index (χ2v) is 13.3. The van der Waals surface area contributed by atoms with Gasteiger partial charge in [0.15, 0.2) is 11.6 Å². The molecule has 4 saturated carbocycles. The topological polar surface area (TPSA) is 96.2 Å². The van der Waals surface area contributed by atoms with E-state index in [2.05, 4.69) is 20.8 Å². The van der Waals surface area contributed by atoms with Crippen LogP contribution in [0.3, 0.4) is 0 Å². The highest BCUT2D eigenvalue weighted by atomic mass is 16.7. The van der Waals surface area contributed by atoms with Crippen LogP contribution in [-0.2, 0) is 14.3 Å². The number of hydrogen-bond donors (Lipinski definition) is 3. The lowest BCUT2D eigenvalue weighted by Gasteiger charge is -2.63. The summed E-state index contributed by atoms with van der Waals surface area (Å²) in [7, 11) is 0. The molecule has 0 radical (unpaired) electrons. The van der Waals surface area contributed by atoms with E-state index in [0.717, 1.165) is 38.7 Å². The first kappa shape index (κ1) is 22.9. The van der Waals surface area contributed by atoms with Gasteiger partial charge in [-0.1, -0.05) is 27.7 Å². The number of aliphatic hydroxyl groups is 3. The Kier molecular flexibility index (Phi) is 4.88. The van der Waals surface area contributed by atoms with Crippen molar-refractivity contribution in [1.29, 1.82) is 0 Å². The van der Waals surface area contributed by atoms with Crippen LogP contribution < -0.4 is 0 Å². The number of rotatable bonds is 0. The van der Waals surface area contributed by atoms with Crippen molar-refractivity contribution in [3.05, 3.63) is 0 Å². The minimum atomic E-state index is -1.53. The predicted octanol–water partition coefficient (Wildman–Crippen LogP) is 3.06. The summed E-state index contributed by atoms with van der Waals surface area (Å²) in [4.78, 5) is 13.4. The molecule has 6 fully saturated rings. The van der Waals surface area contributed by atoms with E-state index in [-0.39, 0.29) is 42.0 Å². The molecule has 6 heteroatoms. The van der Waals surface area contributed by atoms with E-state index in [9.17, 15) is 20.1 Å². The Hall–Kier alpha value is -0.530. The van der Waals surface area contributed by atoms with Gasteiger partial charge >= 0.3 is 0 Å². The maximum atomic E-state index is 13.4. The average Bonchev–Trinajstić information content (AvgIpc) is 3.19. The molecule has 0 aromatic heterocycles. The third kappa shape index (κ3) is 2.76. The molecule has 0 bridgehead atoms. The van der Waals surface area contributed by atoms with E-state index < -0.39 is 29.0 Å². The van der Waals surface area contributed by atoms with E-state index in [1.807, 2.05) is 6.92 Å². The minimum Gasteiger partial charge on any atom is -0.390 e. The normalized spacial score (nSPS) is 62.5. The molecule has 3 N–H and O–H groups in total. The van der Waals surface area contributed by atoms with Crippen molar-refractivity contribution in [2.75, 3.05) is 6.61 Å². The zero-order valence-electron chi connectivity index (χ0n) is 20.6. The lowest BCUT2D eigenvalue weighted by molar-refractivity contribution is -0.274. The summed E-state index contributed by atoms with van der Waals surface area (Å²) in [5, 5.41) is 32.4. The van der Waals surface area contributed by atoms with Gasteiger partial charge in [-0.15, -0.1) is 0 Å². The largest absolute Gasteiger partial charge is 0.390 e. The first-order chi connectivity index (χ1) is 15.5. The molecule has 0 aromatic carbocycles. The van der Waals surface area contributed by atoms with E-state index in [1.54, 1.807) is 0 Å². The van der Waals surface area contributed by atoms with Crippen molar-refractivity contribution in [3.63, 3.8) is 0 Å². The van der Waals surface area contributed by atoms with Gasteiger partial charge in [-0.25, -0.2) is 0 Å². The van der Waals surface area contributed by atoms with Crippen molar-refractivity contribution in [2.45, 2.75) is 109 Å². The van der Waals surface area contributed by atoms with Gasteiger partial charge < -0.3 is 24.8 Å². The van der Waals surface area contributed by atoms with Crippen molar-refractivity contribution in [2.24, 2.45) is 46.3 Å². The van der Waals surface area contributed by atoms with Gasteiger partial charge in [0.2, 0.25) is 0 Å². The number of Topliss-reactive ketones (excluding diaryl/α,β-unsaturated/α-hetero) is 1. The first-order valence-electron chi connectivity index (χ1n) is 13.4. The zero-order chi connectivity index (χ0) is 23.6. The van der Waals surface area contributed by atoms with Crippen LogP contribution >= 0.6 is 0 Å². The molecule has 6 rings (SSSR count). The SMILES string of the molecule is CC1CC[C@@]2(OC1)OC1CC3C4CC(=O)C5(O)CC(O)C(O)C[C@]5(C)C4CC[C@]3(C)C1[C@@H]2C. The summed E-state index contributed by atoms with van der Waals surface area (Å²) >= 11 is 0. The van der Waals surface area contributed by atoms with Crippen LogP contribution in [0.2, 0.25) is 0 Å². The van der Waals surface area contributed by atoms with Crippen molar-refractivity contribution < 1.29 is 29.6 Å². The van der Waals surface area contributed by atoms with Gasteiger partial charge in [-0.3, -0.25) is 4.79 Å². The average molecular weight is 463 g/mol. The van der Waals surface area contributed by atoms with E-state index in [0.29, 0.717) is 30.1 Å². The smallest absolute Gasteiger partial charge is 0.171 e. The summed E-state index contributed by atoms with van der Waals surface area (Å²) in [5.41, 5.74) is -2.13. The fourth-order valence-corrected chi connectivity index (χ4v) is 10.1. The van der Waals surface area contributed by atoms with Crippen LogP contribution in [0.25, 0.3) is 0 Å². The summed E-state index contributed by atoms with van der Waals surface area (Å²) < 4.78 is 13.2. The van der Waals surface area contributed by atoms with Gasteiger partial charge in [0.05, 0.1) is 24.9 Å². The highest BCUT2D eigenvalue weighted by Crippen LogP contribution is 2.71. The Balaban J connectivity index is 1.31. The first-order valence-corrected chi connectivity index (χ1v) is 13.4. The fraction of sp³-hybridized carbons (Fsp3) is 0.963. The zero-order valence-corrected chi connectivity index (χ0v) is 20.6. The number of ether oxygens (including phenoxy) is 2. The summed E-state index contributed by atoms with van der Waals surface area (Å²) in [5.74, 6) is 1.53. The molecule has 186 valence electrons. The third-order valence-electron chi connectivity index (χ3n) is 11.9. The highest BCUT2D eigenvalue weighted by Gasteiger charge is 2.72. The van der Waals surface area contributed by atoms with Crippen LogP contribution in [0.15, 0.2) is 0 Å². The molecule has 0 aromatic rings. The van der Waals surface area contributed by atoms with Crippen molar-refractivity contribution in [3.8, 4) is 0 Å². The molecule has 4 aliphatic carbocycles. The van der Waals surface area contributed by atoms with Gasteiger partial charge in [-0.05, 0) is 67.1 Å². The van der Waals surface area contributed by atoms with Crippen molar-refractivity contribution in [1.82, 2.24) is 0 Å². The number of hydrogen-bond acceptors (Lipinski definition) is 6. The van der Waals surface area contributed by atoms with Crippen molar-refractivity contribution >= 4 is 5.78 Å². The molecule has 9 unspecified atom stereocenters. The van der Waals surface area contributed by atoms with Crippen LogP contribution in [0.1, 0.15) is 79.1 Å². The number of fused-ring (bicyclic) bond motifs is 7. The second-order valence-electron chi connectivity index (χ2n) is 13.3. The maximum absolute atomic E-state index is 13.4. The van der Waals surface area contributed by atoms with Gasteiger partial charge in [0.1, 0.15) is 5.60 Å². The summed E-state index contributed by atoms with van der Waals surface area (Å²) in [6.45, 7) is 9.77. The number of ketones is 1. The quantitative estimate of drug-likeness (QED) is 0.512. The third-order valence-corrected chi connectivity index (χ3v) is 11.9. The van der Waals surface area contributed by atoms with E-state index in [4.69, 9.17) is 9.47 Å². The molecule has 6 aliphatic rings.